The molecule has 7 heteroatoms. The molecule has 0 saturated carbocycles. The molecule has 1 atom stereocenters. The maximum absolute atomic E-state index is 11.6. The van der Waals surface area contributed by atoms with Gasteiger partial charge in [-0.05, 0) is 23.3 Å². The van der Waals surface area contributed by atoms with E-state index in [4.69, 9.17) is 5.11 Å². The zero-order valence-electron chi connectivity index (χ0n) is 9.47. The zero-order valence-corrected chi connectivity index (χ0v) is 9.47. The van der Waals surface area contributed by atoms with Crippen LogP contribution >= 0.6 is 0 Å². The van der Waals surface area contributed by atoms with E-state index in [2.05, 4.69) is 10.3 Å². The van der Waals surface area contributed by atoms with E-state index in [0.29, 0.717) is 13.0 Å². The number of carbonyl (C=O) groups excluding carboxylic acids is 1. The number of aromatic nitrogens is 1. The number of aliphatic hydroxyl groups excluding tert-OH is 1. The van der Waals surface area contributed by atoms with E-state index in [-0.39, 0.29) is 29.9 Å². The normalized spacial score (nSPS) is 12.1. The highest BCUT2D eigenvalue weighted by Gasteiger charge is 2.15. The predicted octanol–water partition coefficient (Wildman–Crippen LogP) is 0.671. The number of nitrogens with zero attached hydrogens (tertiary/aromatic N) is 1. The molecule has 1 aromatic heterocycles. The Morgan fingerprint density at radius 2 is 2.35 bits per heavy atom. The number of nitrogens with one attached hydrogen (secondary N) is 2. The van der Waals surface area contributed by atoms with Gasteiger partial charge in [-0.3, -0.25) is 4.79 Å². The van der Waals surface area contributed by atoms with Crippen molar-refractivity contribution in [2.75, 3.05) is 13.2 Å². The van der Waals surface area contributed by atoms with Crippen LogP contribution in [0, 0.1) is 16.0 Å². The molecule has 0 fully saturated rings. The highest BCUT2D eigenvalue weighted by Crippen LogP contribution is 2.09. The molecule has 1 heterocycles. The molecular formula is C10H15N3O4. The van der Waals surface area contributed by atoms with Crippen molar-refractivity contribution in [2.24, 2.45) is 5.92 Å². The van der Waals surface area contributed by atoms with Gasteiger partial charge < -0.3 is 20.5 Å². The van der Waals surface area contributed by atoms with Gasteiger partial charge in [-0.1, -0.05) is 6.92 Å². The summed E-state index contributed by atoms with van der Waals surface area (Å²) in [6.45, 7) is 2.39. The maximum Gasteiger partial charge on any atom is 0.321 e. The van der Waals surface area contributed by atoms with Gasteiger partial charge in [0.15, 0.2) is 5.69 Å². The van der Waals surface area contributed by atoms with E-state index in [0.717, 1.165) is 0 Å². The maximum atomic E-state index is 11.6. The minimum absolute atomic E-state index is 0.0744. The molecule has 0 radical (unpaired) electrons. The number of H-pyrrole nitrogens is 1. The van der Waals surface area contributed by atoms with Crippen molar-refractivity contribution in [1.29, 1.82) is 0 Å². The molecule has 3 N–H and O–H groups in total. The van der Waals surface area contributed by atoms with Crippen LogP contribution in [0.2, 0.25) is 0 Å². The summed E-state index contributed by atoms with van der Waals surface area (Å²) in [5.74, 6) is -0.435. The van der Waals surface area contributed by atoms with Crippen LogP contribution in [0.3, 0.4) is 0 Å². The summed E-state index contributed by atoms with van der Waals surface area (Å²) in [7, 11) is 0. The zero-order chi connectivity index (χ0) is 12.8. The van der Waals surface area contributed by atoms with Crippen molar-refractivity contribution in [2.45, 2.75) is 13.3 Å². The molecule has 0 aromatic carbocycles. The van der Waals surface area contributed by atoms with Crippen molar-refractivity contribution in [1.82, 2.24) is 10.3 Å². The lowest BCUT2D eigenvalue weighted by molar-refractivity contribution is -0.389. The third kappa shape index (κ3) is 3.87. The van der Waals surface area contributed by atoms with E-state index >= 15 is 0 Å². The SMILES string of the molecule is CC(CCO)CNC(=O)c1ccc([N+](=O)[O-])[nH]1. The third-order valence-electron chi connectivity index (χ3n) is 2.34. The Balaban J connectivity index is 2.49. The molecular weight excluding hydrogens is 226 g/mol. The Labute approximate surface area is 98.0 Å². The Hall–Kier alpha value is -1.89. The Bertz CT molecular complexity index is 402. The number of hydrogen-bond acceptors (Lipinski definition) is 4. The van der Waals surface area contributed by atoms with Gasteiger partial charge in [0.1, 0.15) is 0 Å². The second-order valence-electron chi connectivity index (χ2n) is 3.84. The average molecular weight is 241 g/mol. The summed E-state index contributed by atoms with van der Waals surface area (Å²) < 4.78 is 0. The lowest BCUT2D eigenvalue weighted by Crippen LogP contribution is -2.28. The first-order chi connectivity index (χ1) is 8.04. The first-order valence-corrected chi connectivity index (χ1v) is 5.27. The summed E-state index contributed by atoms with van der Waals surface area (Å²) in [5, 5.41) is 21.7. The molecule has 0 aliphatic rings. The van der Waals surface area contributed by atoms with Crippen molar-refractivity contribution in [3.05, 3.63) is 27.9 Å². The van der Waals surface area contributed by atoms with E-state index in [1.165, 1.54) is 12.1 Å². The average Bonchev–Trinajstić information content (AvgIpc) is 2.75. The number of aromatic amines is 1. The van der Waals surface area contributed by atoms with Crippen LogP contribution in [-0.2, 0) is 0 Å². The number of aliphatic hydroxyl groups is 1. The van der Waals surface area contributed by atoms with Gasteiger partial charge in [0.2, 0.25) is 0 Å². The summed E-state index contributed by atoms with van der Waals surface area (Å²) >= 11 is 0. The van der Waals surface area contributed by atoms with Crippen LogP contribution in [0.25, 0.3) is 0 Å². The summed E-state index contributed by atoms with van der Waals surface area (Å²) in [6, 6.07) is 2.61. The van der Waals surface area contributed by atoms with Gasteiger partial charge >= 0.3 is 5.82 Å². The van der Waals surface area contributed by atoms with Crippen molar-refractivity contribution in [3.63, 3.8) is 0 Å². The first-order valence-electron chi connectivity index (χ1n) is 5.27. The van der Waals surface area contributed by atoms with Gasteiger partial charge in [0.05, 0.1) is 0 Å². The molecule has 7 nitrogen and oxygen atoms in total. The fraction of sp³-hybridized carbons (Fsp3) is 0.500. The number of carbonyl (C=O) groups is 1. The predicted molar refractivity (Wildman–Crippen MR) is 60.6 cm³/mol. The Morgan fingerprint density at radius 1 is 1.65 bits per heavy atom. The topological polar surface area (TPSA) is 108 Å². The standard InChI is InChI=1S/C10H15N3O4/c1-7(4-5-14)6-11-10(15)8-2-3-9(12-8)13(16)17/h2-3,7,12,14H,4-6H2,1H3,(H,11,15). The minimum atomic E-state index is -0.592. The van der Waals surface area contributed by atoms with Gasteiger partial charge in [-0.25, -0.2) is 4.98 Å². The second kappa shape index (κ2) is 6.00. The molecule has 0 aliphatic carbocycles. The lowest BCUT2D eigenvalue weighted by atomic mass is 10.1. The number of hydrogen-bond donors (Lipinski definition) is 3. The second-order valence-corrected chi connectivity index (χ2v) is 3.84. The molecule has 1 aromatic rings. The molecule has 94 valence electrons. The summed E-state index contributed by atoms with van der Waals surface area (Å²) in [4.78, 5) is 23.8. The molecule has 0 spiro atoms. The van der Waals surface area contributed by atoms with Gasteiger partial charge in [0, 0.05) is 19.2 Å². The number of nitro groups is 1. The van der Waals surface area contributed by atoms with Crippen LogP contribution in [0.1, 0.15) is 23.8 Å². The van der Waals surface area contributed by atoms with E-state index < -0.39 is 4.92 Å². The monoisotopic (exact) mass is 241 g/mol. The van der Waals surface area contributed by atoms with Gasteiger partial charge in [-0.2, -0.15) is 0 Å². The number of rotatable bonds is 6. The van der Waals surface area contributed by atoms with Crippen LogP contribution in [0.15, 0.2) is 12.1 Å². The molecule has 1 rings (SSSR count). The molecule has 1 unspecified atom stereocenters. The smallest absolute Gasteiger partial charge is 0.321 e. The number of amides is 1. The van der Waals surface area contributed by atoms with E-state index in [1.54, 1.807) is 0 Å². The van der Waals surface area contributed by atoms with Crippen LogP contribution in [0.5, 0.6) is 0 Å². The van der Waals surface area contributed by atoms with Gasteiger partial charge in [0.25, 0.3) is 5.91 Å². The molecule has 1 amide bonds. The van der Waals surface area contributed by atoms with Crippen LogP contribution < -0.4 is 5.32 Å². The first kappa shape index (κ1) is 13.2. The van der Waals surface area contributed by atoms with E-state index in [9.17, 15) is 14.9 Å². The Kier molecular flexibility index (Phi) is 4.65. The van der Waals surface area contributed by atoms with Crippen LogP contribution in [-0.4, -0.2) is 34.1 Å². The summed E-state index contributed by atoms with van der Waals surface area (Å²) in [6.07, 6.45) is 0.602. The highest BCUT2D eigenvalue weighted by molar-refractivity contribution is 5.92. The molecule has 17 heavy (non-hydrogen) atoms. The lowest BCUT2D eigenvalue weighted by Gasteiger charge is -2.09. The molecule has 0 saturated heterocycles. The summed E-state index contributed by atoms with van der Waals surface area (Å²) in [5.41, 5.74) is 0.160. The van der Waals surface area contributed by atoms with E-state index in [1.807, 2.05) is 6.92 Å². The molecule has 0 aliphatic heterocycles. The largest absolute Gasteiger partial charge is 0.396 e. The molecule has 0 bridgehead atoms. The highest BCUT2D eigenvalue weighted by atomic mass is 16.6. The fourth-order valence-corrected chi connectivity index (χ4v) is 1.31. The van der Waals surface area contributed by atoms with Crippen molar-refractivity contribution < 1.29 is 14.8 Å². The van der Waals surface area contributed by atoms with Gasteiger partial charge in [-0.15, -0.1) is 0 Å². The third-order valence-corrected chi connectivity index (χ3v) is 2.34. The van der Waals surface area contributed by atoms with Crippen LogP contribution in [0.4, 0.5) is 5.82 Å². The Morgan fingerprint density at radius 3 is 2.88 bits per heavy atom. The van der Waals surface area contributed by atoms with Crippen molar-refractivity contribution in [3.8, 4) is 0 Å². The van der Waals surface area contributed by atoms with Crippen molar-refractivity contribution >= 4 is 11.7 Å². The minimum Gasteiger partial charge on any atom is -0.396 e. The quantitative estimate of drug-likeness (QED) is 0.502. The fourth-order valence-electron chi connectivity index (χ4n) is 1.31.